The van der Waals surface area contributed by atoms with Gasteiger partial charge in [0.05, 0.1) is 17.8 Å². The van der Waals surface area contributed by atoms with Gasteiger partial charge in [-0.2, -0.15) is 5.10 Å². The number of aliphatic hydroxyl groups is 1. The molecule has 1 aromatic carbocycles. The lowest BCUT2D eigenvalue weighted by Gasteiger charge is -2.43. The van der Waals surface area contributed by atoms with Gasteiger partial charge in [-0.15, -0.1) is 0 Å². The van der Waals surface area contributed by atoms with E-state index in [0.29, 0.717) is 24.9 Å². The largest absolute Gasteiger partial charge is 0.388 e. The molecule has 2 aliphatic heterocycles. The van der Waals surface area contributed by atoms with E-state index < -0.39 is 5.60 Å². The Morgan fingerprint density at radius 1 is 1.13 bits per heavy atom. The fraction of sp³-hybridized carbons (Fsp3) is 0.520. The molecule has 0 aliphatic carbocycles. The van der Waals surface area contributed by atoms with Crippen LogP contribution in [0.1, 0.15) is 50.3 Å². The quantitative estimate of drug-likeness (QED) is 0.663. The molecule has 6 nitrogen and oxygen atoms in total. The van der Waals surface area contributed by atoms with Crippen LogP contribution in [0.2, 0.25) is 0 Å². The molecule has 2 atom stereocenters. The third kappa shape index (κ3) is 3.83. The summed E-state index contributed by atoms with van der Waals surface area (Å²) < 4.78 is 3.82. The Morgan fingerprint density at radius 2 is 1.87 bits per heavy atom. The Hall–Kier alpha value is -2.44. The molecule has 2 aliphatic rings. The van der Waals surface area contributed by atoms with Gasteiger partial charge in [-0.1, -0.05) is 25.1 Å². The minimum Gasteiger partial charge on any atom is -0.388 e. The molecule has 5 rings (SSSR count). The highest BCUT2D eigenvalue weighted by Gasteiger charge is 2.47. The number of piperidine rings is 1. The van der Waals surface area contributed by atoms with Crippen LogP contribution in [0, 0.1) is 6.92 Å². The average Bonchev–Trinajstić information content (AvgIpc) is 3.21. The molecular weight excluding hydrogens is 388 g/mol. The number of hydrogen-bond acceptors (Lipinski definition) is 4. The summed E-state index contributed by atoms with van der Waals surface area (Å²) in [6.07, 6.45) is 7.04. The summed E-state index contributed by atoms with van der Waals surface area (Å²) in [6, 6.07) is 12.6. The van der Waals surface area contributed by atoms with Crippen LogP contribution in [0.3, 0.4) is 0 Å². The molecule has 0 saturated carbocycles. The molecule has 0 spiro atoms. The fourth-order valence-electron chi connectivity index (χ4n) is 5.82. The van der Waals surface area contributed by atoms with Gasteiger partial charge >= 0.3 is 0 Å². The maximum absolute atomic E-state index is 12.2. The molecule has 2 bridgehead atoms. The second-order valence-electron chi connectivity index (χ2n) is 9.53. The van der Waals surface area contributed by atoms with Gasteiger partial charge in [0.1, 0.15) is 0 Å². The van der Waals surface area contributed by atoms with Crippen molar-refractivity contribution in [2.75, 3.05) is 0 Å². The number of fused-ring (bicyclic) bond motifs is 3. The minimum absolute atomic E-state index is 0.141. The highest BCUT2D eigenvalue weighted by Crippen LogP contribution is 2.42. The first kappa shape index (κ1) is 20.5. The van der Waals surface area contributed by atoms with Crippen molar-refractivity contribution in [1.29, 1.82) is 0 Å². The van der Waals surface area contributed by atoms with E-state index in [9.17, 15) is 9.90 Å². The molecule has 2 saturated heterocycles. The van der Waals surface area contributed by atoms with Crippen molar-refractivity contribution in [2.45, 2.75) is 83.3 Å². The topological polar surface area (TPSA) is 63.3 Å². The molecule has 164 valence electrons. The summed E-state index contributed by atoms with van der Waals surface area (Å²) in [7, 11) is 0. The number of benzene rings is 1. The van der Waals surface area contributed by atoms with Crippen LogP contribution in [0.4, 0.5) is 0 Å². The van der Waals surface area contributed by atoms with E-state index in [1.165, 1.54) is 21.1 Å². The molecule has 0 amide bonds. The SMILES string of the molecule is CCCn1cc(CN2[C@@H]3CC[C@@H]2CC(O)(Cn2nc(C)ccc2=O)C3)c2ccccc21. The third-order valence-electron chi connectivity index (χ3n) is 7.13. The maximum atomic E-state index is 12.2. The van der Waals surface area contributed by atoms with E-state index in [2.05, 4.69) is 52.0 Å². The van der Waals surface area contributed by atoms with Gasteiger partial charge in [0.15, 0.2) is 0 Å². The number of aryl methyl sites for hydroxylation is 2. The Bertz CT molecular complexity index is 1130. The Kier molecular flexibility index (Phi) is 5.22. The molecule has 0 unspecified atom stereocenters. The van der Waals surface area contributed by atoms with Gasteiger partial charge in [-0.3, -0.25) is 9.69 Å². The van der Waals surface area contributed by atoms with Crippen LogP contribution in [0.25, 0.3) is 10.9 Å². The summed E-state index contributed by atoms with van der Waals surface area (Å²) >= 11 is 0. The second kappa shape index (κ2) is 7.92. The van der Waals surface area contributed by atoms with E-state index >= 15 is 0 Å². The van der Waals surface area contributed by atoms with Crippen LogP contribution in [-0.4, -0.2) is 42.0 Å². The van der Waals surface area contributed by atoms with Crippen LogP contribution < -0.4 is 5.56 Å². The number of hydrogen-bond donors (Lipinski definition) is 1. The van der Waals surface area contributed by atoms with Gasteiger partial charge in [0.25, 0.3) is 5.56 Å². The van der Waals surface area contributed by atoms with Crippen molar-refractivity contribution in [3.05, 3.63) is 64.2 Å². The van der Waals surface area contributed by atoms with E-state index in [1.54, 1.807) is 12.1 Å². The minimum atomic E-state index is -0.872. The molecule has 2 fully saturated rings. The lowest BCUT2D eigenvalue weighted by Crippen LogP contribution is -2.53. The average molecular weight is 421 g/mol. The first-order valence-electron chi connectivity index (χ1n) is 11.6. The lowest BCUT2D eigenvalue weighted by molar-refractivity contribution is -0.0677. The molecule has 2 aromatic heterocycles. The maximum Gasteiger partial charge on any atom is 0.266 e. The number of rotatable bonds is 6. The van der Waals surface area contributed by atoms with Crippen LogP contribution in [0.15, 0.2) is 47.4 Å². The zero-order valence-corrected chi connectivity index (χ0v) is 18.5. The standard InChI is InChI=1S/C25H32N4O2/c1-3-12-27-15-19(22-6-4-5-7-23(22)27)16-28-20-9-10-21(28)14-25(31,13-20)17-29-24(30)11-8-18(2)26-29/h4-8,11,15,20-21,31H,3,9-10,12-14,16-17H2,1-2H3/t20-,21-/m1/s1. The van der Waals surface area contributed by atoms with Gasteiger partial charge in [0.2, 0.25) is 0 Å². The van der Waals surface area contributed by atoms with Gasteiger partial charge in [-0.05, 0) is 56.7 Å². The van der Waals surface area contributed by atoms with E-state index in [4.69, 9.17) is 0 Å². The normalized spacial score (nSPS) is 26.0. The zero-order chi connectivity index (χ0) is 21.6. The molecule has 3 aromatic rings. The number of nitrogens with zero attached hydrogens (tertiary/aromatic N) is 4. The smallest absolute Gasteiger partial charge is 0.266 e. The predicted molar refractivity (Wildman–Crippen MR) is 122 cm³/mol. The predicted octanol–water partition coefficient (Wildman–Crippen LogP) is 3.47. The molecule has 6 heteroatoms. The summed E-state index contributed by atoms with van der Waals surface area (Å²) in [6.45, 7) is 6.33. The van der Waals surface area contributed by atoms with Gasteiger partial charge < -0.3 is 9.67 Å². The zero-order valence-electron chi connectivity index (χ0n) is 18.5. The van der Waals surface area contributed by atoms with Crippen molar-refractivity contribution in [2.24, 2.45) is 0 Å². The first-order chi connectivity index (χ1) is 15.0. The lowest BCUT2D eigenvalue weighted by atomic mass is 9.85. The van der Waals surface area contributed by atoms with E-state index in [-0.39, 0.29) is 12.1 Å². The van der Waals surface area contributed by atoms with Crippen molar-refractivity contribution < 1.29 is 5.11 Å². The highest BCUT2D eigenvalue weighted by atomic mass is 16.3. The molecule has 31 heavy (non-hydrogen) atoms. The summed E-state index contributed by atoms with van der Waals surface area (Å²) in [5.74, 6) is 0. The van der Waals surface area contributed by atoms with Gasteiger partial charge in [0, 0.05) is 48.3 Å². The second-order valence-corrected chi connectivity index (χ2v) is 9.53. The number of aromatic nitrogens is 3. The van der Waals surface area contributed by atoms with Crippen LogP contribution >= 0.6 is 0 Å². The van der Waals surface area contributed by atoms with Crippen molar-refractivity contribution >= 4 is 10.9 Å². The summed E-state index contributed by atoms with van der Waals surface area (Å²) in [5, 5.41) is 17.1. The van der Waals surface area contributed by atoms with Crippen molar-refractivity contribution in [1.82, 2.24) is 19.2 Å². The van der Waals surface area contributed by atoms with Gasteiger partial charge in [-0.25, -0.2) is 4.68 Å². The third-order valence-corrected chi connectivity index (χ3v) is 7.13. The summed E-state index contributed by atoms with van der Waals surface area (Å²) in [5.41, 5.74) is 2.47. The van der Waals surface area contributed by atoms with Crippen molar-refractivity contribution in [3.63, 3.8) is 0 Å². The Labute approximate surface area is 183 Å². The summed E-state index contributed by atoms with van der Waals surface area (Å²) in [4.78, 5) is 14.8. The highest BCUT2D eigenvalue weighted by molar-refractivity contribution is 5.84. The molecular formula is C25H32N4O2. The molecule has 1 N–H and O–H groups in total. The Balaban J connectivity index is 1.37. The molecule has 4 heterocycles. The van der Waals surface area contributed by atoms with Crippen LogP contribution in [-0.2, 0) is 19.6 Å². The van der Waals surface area contributed by atoms with Crippen molar-refractivity contribution in [3.8, 4) is 0 Å². The fourth-order valence-corrected chi connectivity index (χ4v) is 5.82. The number of para-hydroxylation sites is 1. The van der Waals surface area contributed by atoms with Crippen LogP contribution in [0.5, 0.6) is 0 Å². The van der Waals surface area contributed by atoms with E-state index in [1.807, 2.05) is 6.92 Å². The van der Waals surface area contributed by atoms with E-state index in [0.717, 1.165) is 38.0 Å². The Morgan fingerprint density at radius 3 is 2.61 bits per heavy atom. The molecule has 0 radical (unpaired) electrons. The monoisotopic (exact) mass is 420 g/mol. The first-order valence-corrected chi connectivity index (χ1v) is 11.6.